The van der Waals surface area contributed by atoms with Crippen molar-refractivity contribution in [1.29, 1.82) is 0 Å². The van der Waals surface area contributed by atoms with E-state index in [1.54, 1.807) is 0 Å². The smallest absolute Gasteiger partial charge is 0.137 e. The molecule has 0 unspecified atom stereocenters. The average Bonchev–Trinajstić information content (AvgIpc) is 3.35. The second-order valence-electron chi connectivity index (χ2n) is 7.91. The molecule has 3 atom stereocenters. The Morgan fingerprint density at radius 3 is 2.88 bits per heavy atom. The number of hydrogen-bond donors (Lipinski definition) is 1. The molecule has 1 aliphatic heterocycles. The molecule has 3 heterocycles. The summed E-state index contributed by atoms with van der Waals surface area (Å²) < 4.78 is 8.09. The van der Waals surface area contributed by atoms with Gasteiger partial charge in [-0.05, 0) is 37.8 Å². The van der Waals surface area contributed by atoms with Gasteiger partial charge in [0.25, 0.3) is 0 Å². The second kappa shape index (κ2) is 5.92. The predicted octanol–water partition coefficient (Wildman–Crippen LogP) is 3.01. The van der Waals surface area contributed by atoms with Crippen molar-refractivity contribution in [3.8, 4) is 5.82 Å². The molecule has 5 heteroatoms. The molecule has 3 aliphatic rings. The minimum absolute atomic E-state index is 0.419. The topological polar surface area (TPSA) is 52.0 Å². The summed E-state index contributed by atoms with van der Waals surface area (Å²) in [5, 5.41) is 3.87. The van der Waals surface area contributed by atoms with Crippen LogP contribution < -0.4 is 5.32 Å². The zero-order valence-corrected chi connectivity index (χ0v) is 14.8. The van der Waals surface area contributed by atoms with Crippen molar-refractivity contribution in [1.82, 2.24) is 19.9 Å². The third-order valence-corrected chi connectivity index (χ3v) is 6.69. The molecule has 5 rings (SSSR count). The van der Waals surface area contributed by atoms with E-state index in [1.807, 2.05) is 30.1 Å². The zero-order chi connectivity index (χ0) is 16.9. The SMILES string of the molecule is Cc1nccn1-c1ccc(CN[C@@H]2[C@@H]3CCO[C@H]3C23CCCC3)cn1. The first-order valence-electron chi connectivity index (χ1n) is 9.58. The molecule has 0 aromatic carbocycles. The standard InChI is InChI=1S/C20H26N4O/c1-14-21-9-10-24(14)17-5-4-15(12-22-17)13-23-18-16-6-11-25-19(16)20(18)7-2-3-8-20/h4-5,9-10,12,16,18-19,23H,2-3,6-8,11,13H2,1H3/t16-,18+,19+/m0/s1. The molecule has 3 fully saturated rings. The van der Waals surface area contributed by atoms with Gasteiger partial charge in [0, 0.05) is 49.1 Å². The van der Waals surface area contributed by atoms with Gasteiger partial charge in [0.2, 0.25) is 0 Å². The number of ether oxygens (including phenoxy) is 1. The zero-order valence-electron chi connectivity index (χ0n) is 14.8. The Morgan fingerprint density at radius 1 is 1.28 bits per heavy atom. The van der Waals surface area contributed by atoms with E-state index < -0.39 is 0 Å². The first-order chi connectivity index (χ1) is 12.3. The van der Waals surface area contributed by atoms with Gasteiger partial charge >= 0.3 is 0 Å². The van der Waals surface area contributed by atoms with Crippen LogP contribution in [-0.2, 0) is 11.3 Å². The van der Waals surface area contributed by atoms with Crippen LogP contribution in [0.1, 0.15) is 43.5 Å². The van der Waals surface area contributed by atoms with Gasteiger partial charge in [-0.1, -0.05) is 18.9 Å². The fourth-order valence-electron chi connectivity index (χ4n) is 5.52. The van der Waals surface area contributed by atoms with E-state index in [2.05, 4.69) is 27.4 Å². The predicted molar refractivity (Wildman–Crippen MR) is 95.5 cm³/mol. The summed E-state index contributed by atoms with van der Waals surface area (Å²) in [4.78, 5) is 8.88. The van der Waals surface area contributed by atoms with Crippen LogP contribution in [0.3, 0.4) is 0 Å². The van der Waals surface area contributed by atoms with Gasteiger partial charge in [-0.2, -0.15) is 0 Å². The molecule has 1 saturated heterocycles. The third kappa shape index (κ3) is 2.36. The second-order valence-corrected chi connectivity index (χ2v) is 7.91. The van der Waals surface area contributed by atoms with Crippen LogP contribution in [0.2, 0.25) is 0 Å². The molecule has 2 aromatic rings. The molecule has 2 aliphatic carbocycles. The molecule has 2 aromatic heterocycles. The Morgan fingerprint density at radius 2 is 2.16 bits per heavy atom. The maximum atomic E-state index is 6.08. The highest BCUT2D eigenvalue weighted by Gasteiger charge is 2.64. The number of aromatic nitrogens is 3. The summed E-state index contributed by atoms with van der Waals surface area (Å²) in [7, 11) is 0. The van der Waals surface area contributed by atoms with Gasteiger partial charge in [0.1, 0.15) is 11.6 Å². The third-order valence-electron chi connectivity index (χ3n) is 6.69. The van der Waals surface area contributed by atoms with Gasteiger partial charge in [-0.15, -0.1) is 0 Å². The van der Waals surface area contributed by atoms with Gasteiger partial charge in [-0.3, -0.25) is 4.57 Å². The van der Waals surface area contributed by atoms with Crippen LogP contribution in [0.4, 0.5) is 0 Å². The molecule has 0 radical (unpaired) electrons. The summed E-state index contributed by atoms with van der Waals surface area (Å²) in [6.07, 6.45) is 12.9. The van der Waals surface area contributed by atoms with Crippen LogP contribution in [0.5, 0.6) is 0 Å². The Balaban J connectivity index is 1.28. The van der Waals surface area contributed by atoms with Crippen LogP contribution in [0.25, 0.3) is 5.82 Å². The minimum atomic E-state index is 0.419. The van der Waals surface area contributed by atoms with Gasteiger partial charge < -0.3 is 10.1 Å². The lowest BCUT2D eigenvalue weighted by molar-refractivity contribution is -0.130. The molecule has 2 saturated carbocycles. The lowest BCUT2D eigenvalue weighted by Gasteiger charge is -2.57. The Labute approximate surface area is 148 Å². The fraction of sp³-hybridized carbons (Fsp3) is 0.600. The fourth-order valence-corrected chi connectivity index (χ4v) is 5.52. The molecule has 1 spiro atoms. The van der Waals surface area contributed by atoms with Crippen molar-refractivity contribution in [3.05, 3.63) is 42.1 Å². The van der Waals surface area contributed by atoms with Crippen molar-refractivity contribution in [2.75, 3.05) is 6.61 Å². The Bertz CT molecular complexity index is 747. The number of aryl methyl sites for hydroxylation is 1. The quantitative estimate of drug-likeness (QED) is 0.931. The number of rotatable bonds is 4. The van der Waals surface area contributed by atoms with E-state index in [4.69, 9.17) is 4.74 Å². The molecule has 0 bridgehead atoms. The van der Waals surface area contributed by atoms with Crippen LogP contribution in [-0.4, -0.2) is 33.3 Å². The lowest BCUT2D eigenvalue weighted by atomic mass is 9.54. The highest BCUT2D eigenvalue weighted by atomic mass is 16.5. The molecule has 5 nitrogen and oxygen atoms in total. The van der Waals surface area contributed by atoms with Crippen molar-refractivity contribution >= 4 is 0 Å². The minimum Gasteiger partial charge on any atom is -0.377 e. The number of pyridine rings is 1. The maximum Gasteiger partial charge on any atom is 0.137 e. The lowest BCUT2D eigenvalue weighted by Crippen LogP contribution is -2.67. The first kappa shape index (κ1) is 15.5. The highest BCUT2D eigenvalue weighted by molar-refractivity contribution is 5.27. The summed E-state index contributed by atoms with van der Waals surface area (Å²) in [6, 6.07) is 4.88. The largest absolute Gasteiger partial charge is 0.377 e. The number of imidazole rings is 1. The van der Waals surface area contributed by atoms with Gasteiger partial charge in [-0.25, -0.2) is 9.97 Å². The van der Waals surface area contributed by atoms with E-state index in [-0.39, 0.29) is 0 Å². The maximum absolute atomic E-state index is 6.08. The molecular formula is C20H26N4O. The summed E-state index contributed by atoms with van der Waals surface area (Å²) in [5.74, 6) is 2.61. The molecule has 1 N–H and O–H groups in total. The Kier molecular flexibility index (Phi) is 3.68. The van der Waals surface area contributed by atoms with Crippen molar-refractivity contribution < 1.29 is 4.74 Å². The van der Waals surface area contributed by atoms with E-state index in [9.17, 15) is 0 Å². The highest BCUT2D eigenvalue weighted by Crippen LogP contribution is 2.60. The van der Waals surface area contributed by atoms with Crippen molar-refractivity contribution in [3.63, 3.8) is 0 Å². The number of hydrogen-bond acceptors (Lipinski definition) is 4. The number of nitrogens with zero attached hydrogens (tertiary/aromatic N) is 3. The molecular weight excluding hydrogens is 312 g/mol. The van der Waals surface area contributed by atoms with E-state index in [1.165, 1.54) is 37.7 Å². The summed E-state index contributed by atoms with van der Waals surface area (Å²) in [6.45, 7) is 3.84. The first-order valence-corrected chi connectivity index (χ1v) is 9.58. The number of nitrogens with one attached hydrogen (secondary N) is 1. The Hall–Kier alpha value is -1.72. The normalized spacial score (nSPS) is 29.7. The summed E-state index contributed by atoms with van der Waals surface area (Å²) in [5.41, 5.74) is 1.67. The van der Waals surface area contributed by atoms with Gasteiger partial charge in [0.05, 0.1) is 6.10 Å². The van der Waals surface area contributed by atoms with Crippen LogP contribution in [0.15, 0.2) is 30.7 Å². The van der Waals surface area contributed by atoms with Crippen LogP contribution in [0, 0.1) is 18.3 Å². The summed E-state index contributed by atoms with van der Waals surface area (Å²) >= 11 is 0. The van der Waals surface area contributed by atoms with E-state index in [0.717, 1.165) is 30.7 Å². The van der Waals surface area contributed by atoms with Crippen LogP contribution >= 0.6 is 0 Å². The average molecular weight is 338 g/mol. The van der Waals surface area contributed by atoms with Gasteiger partial charge in [0.15, 0.2) is 0 Å². The molecule has 132 valence electrons. The van der Waals surface area contributed by atoms with E-state index >= 15 is 0 Å². The monoisotopic (exact) mass is 338 g/mol. The number of fused-ring (bicyclic) bond motifs is 2. The van der Waals surface area contributed by atoms with Crippen molar-refractivity contribution in [2.45, 2.75) is 57.7 Å². The molecule has 25 heavy (non-hydrogen) atoms. The van der Waals surface area contributed by atoms with E-state index in [0.29, 0.717) is 17.6 Å². The van der Waals surface area contributed by atoms with Crippen molar-refractivity contribution in [2.24, 2.45) is 11.3 Å². The molecule has 0 amide bonds.